The van der Waals surface area contributed by atoms with Gasteiger partial charge in [0.1, 0.15) is 5.01 Å². The van der Waals surface area contributed by atoms with Crippen molar-refractivity contribution in [2.75, 3.05) is 13.7 Å². The molecule has 1 aliphatic heterocycles. The van der Waals surface area contributed by atoms with E-state index in [1.54, 1.807) is 0 Å². The molecule has 6 nitrogen and oxygen atoms in total. The molecular formula is C14H12ClF5N4O2S. The van der Waals surface area contributed by atoms with Crippen molar-refractivity contribution in [2.24, 2.45) is 0 Å². The van der Waals surface area contributed by atoms with Crippen LogP contribution in [-0.2, 0) is 28.9 Å². The van der Waals surface area contributed by atoms with Crippen LogP contribution in [0.5, 0.6) is 0 Å². The van der Waals surface area contributed by atoms with E-state index in [1.807, 2.05) is 0 Å². The number of imidazole rings is 1. The Kier molecular flexibility index (Phi) is 5.16. The third-order valence-electron chi connectivity index (χ3n) is 3.68. The fourth-order valence-corrected chi connectivity index (χ4v) is 3.75. The molecule has 0 aliphatic carbocycles. The first-order valence-electron chi connectivity index (χ1n) is 7.46. The van der Waals surface area contributed by atoms with Gasteiger partial charge in [-0.3, -0.25) is 4.79 Å². The highest BCUT2D eigenvalue weighted by molar-refractivity contribution is 7.16. The first-order valence-corrected chi connectivity index (χ1v) is 8.66. The summed E-state index contributed by atoms with van der Waals surface area (Å²) in [6.07, 6.45) is -4.66. The van der Waals surface area contributed by atoms with E-state index in [-0.39, 0.29) is 29.4 Å². The van der Waals surface area contributed by atoms with E-state index in [9.17, 15) is 26.7 Å². The molecule has 3 heterocycles. The summed E-state index contributed by atoms with van der Waals surface area (Å²) < 4.78 is 71.7. The van der Waals surface area contributed by atoms with Gasteiger partial charge in [-0.25, -0.2) is 9.50 Å². The van der Waals surface area contributed by atoms with Gasteiger partial charge in [0.15, 0.2) is 5.69 Å². The number of nitrogens with zero attached hydrogens (tertiary/aromatic N) is 4. The minimum absolute atomic E-state index is 0.00325. The van der Waals surface area contributed by atoms with E-state index in [1.165, 1.54) is 7.11 Å². The Bertz CT molecular complexity index is 902. The number of carbonyl (C=O) groups excluding carboxylic acids is 1. The molecule has 0 radical (unpaired) electrons. The summed E-state index contributed by atoms with van der Waals surface area (Å²) in [5, 5.41) is 0.905. The fourth-order valence-electron chi connectivity index (χ4n) is 2.69. The molecule has 0 unspecified atom stereocenters. The van der Waals surface area contributed by atoms with E-state index in [4.69, 9.17) is 16.3 Å². The van der Waals surface area contributed by atoms with Crippen LogP contribution in [0.15, 0.2) is 11.6 Å². The third kappa shape index (κ3) is 4.38. The highest BCUT2D eigenvalue weighted by Crippen LogP contribution is 2.35. The number of hydrogen-bond acceptors (Lipinski definition) is 5. The molecule has 0 saturated heterocycles. The Labute approximate surface area is 158 Å². The zero-order chi connectivity index (χ0) is 20.0. The van der Waals surface area contributed by atoms with Crippen molar-refractivity contribution in [3.05, 3.63) is 28.0 Å². The lowest BCUT2D eigenvalue weighted by Crippen LogP contribution is -2.28. The number of halogens is 6. The van der Waals surface area contributed by atoms with Gasteiger partial charge in [-0.05, 0) is 17.2 Å². The lowest BCUT2D eigenvalue weighted by molar-refractivity contribution is -0.142. The van der Waals surface area contributed by atoms with Crippen LogP contribution >= 0.6 is 22.9 Å². The predicted octanol–water partition coefficient (Wildman–Crippen LogP) is 3.45. The van der Waals surface area contributed by atoms with Crippen molar-refractivity contribution >= 4 is 33.8 Å². The summed E-state index contributed by atoms with van der Waals surface area (Å²) >= 11 is 5.78. The van der Waals surface area contributed by atoms with Gasteiger partial charge in [0, 0.05) is 26.2 Å². The van der Waals surface area contributed by atoms with Gasteiger partial charge in [-0.15, -0.1) is 0 Å². The zero-order valence-electron chi connectivity index (χ0n) is 13.7. The maximum absolute atomic E-state index is 13.3. The Morgan fingerprint density at radius 2 is 2.04 bits per heavy atom. The lowest BCUT2D eigenvalue weighted by Gasteiger charge is -2.18. The summed E-state index contributed by atoms with van der Waals surface area (Å²) in [5.74, 6) is -0.679. The number of aromatic nitrogens is 3. The van der Waals surface area contributed by atoms with Crippen molar-refractivity contribution in [1.82, 2.24) is 19.5 Å². The van der Waals surface area contributed by atoms with Crippen molar-refractivity contribution in [3.63, 3.8) is 0 Å². The van der Waals surface area contributed by atoms with Crippen molar-refractivity contribution in [3.8, 4) is 0 Å². The first-order chi connectivity index (χ1) is 12.5. The SMILES string of the molecule is COCc1nn2c(CN3CC(CC(F)(F)Cl)=CC3=O)c(C(F)(F)F)nc2s1. The minimum atomic E-state index is -4.76. The van der Waals surface area contributed by atoms with Crippen molar-refractivity contribution < 1.29 is 31.5 Å². The molecule has 0 spiro atoms. The maximum atomic E-state index is 13.3. The summed E-state index contributed by atoms with van der Waals surface area (Å²) in [7, 11) is 1.41. The number of methoxy groups -OCH3 is 1. The molecule has 0 aromatic carbocycles. The normalized spacial score (nSPS) is 15.9. The highest BCUT2D eigenvalue weighted by Gasteiger charge is 2.40. The van der Waals surface area contributed by atoms with Gasteiger partial charge in [0.2, 0.25) is 10.9 Å². The Hall–Kier alpha value is -1.79. The van der Waals surface area contributed by atoms with Crippen LogP contribution in [0.2, 0.25) is 0 Å². The lowest BCUT2D eigenvalue weighted by atomic mass is 10.2. The van der Waals surface area contributed by atoms with E-state index in [2.05, 4.69) is 10.1 Å². The van der Waals surface area contributed by atoms with Gasteiger partial charge in [-0.1, -0.05) is 11.3 Å². The molecule has 0 saturated carbocycles. The van der Waals surface area contributed by atoms with Gasteiger partial charge in [0.25, 0.3) is 0 Å². The van der Waals surface area contributed by atoms with Gasteiger partial charge in [0.05, 0.1) is 18.8 Å². The molecule has 0 bridgehead atoms. The number of carbonyl (C=O) groups is 1. The Morgan fingerprint density at radius 1 is 1.33 bits per heavy atom. The summed E-state index contributed by atoms with van der Waals surface area (Å²) in [6, 6.07) is 0. The Morgan fingerprint density at radius 3 is 2.63 bits per heavy atom. The quantitative estimate of drug-likeness (QED) is 0.520. The smallest absolute Gasteiger partial charge is 0.377 e. The van der Waals surface area contributed by atoms with Crippen LogP contribution in [0.1, 0.15) is 22.8 Å². The molecule has 1 amide bonds. The van der Waals surface area contributed by atoms with E-state index >= 15 is 0 Å². The van der Waals surface area contributed by atoms with Crippen LogP contribution in [0, 0.1) is 0 Å². The molecule has 2 aromatic rings. The van der Waals surface area contributed by atoms with Gasteiger partial charge in [-0.2, -0.15) is 27.1 Å². The summed E-state index contributed by atoms with van der Waals surface area (Å²) in [5.41, 5.74) is -1.49. The number of ether oxygens (including phenoxy) is 1. The maximum Gasteiger partial charge on any atom is 0.435 e. The number of alkyl halides is 6. The van der Waals surface area contributed by atoms with Crippen LogP contribution in [-0.4, -0.2) is 44.4 Å². The number of hydrogen-bond donors (Lipinski definition) is 0. The van der Waals surface area contributed by atoms with E-state index < -0.39 is 36.1 Å². The minimum Gasteiger partial charge on any atom is -0.377 e. The van der Waals surface area contributed by atoms with Crippen LogP contribution < -0.4 is 0 Å². The molecule has 13 heteroatoms. The molecule has 0 N–H and O–H groups in total. The molecule has 148 valence electrons. The molecule has 0 atom stereocenters. The molecule has 0 fully saturated rings. The fraction of sp³-hybridized carbons (Fsp3) is 0.500. The molecular weight excluding hydrogens is 419 g/mol. The van der Waals surface area contributed by atoms with Crippen LogP contribution in [0.25, 0.3) is 4.96 Å². The Balaban J connectivity index is 1.90. The van der Waals surface area contributed by atoms with Crippen molar-refractivity contribution in [2.45, 2.75) is 31.1 Å². The molecule has 3 rings (SSSR count). The number of amides is 1. The van der Waals surface area contributed by atoms with Gasteiger partial charge < -0.3 is 9.64 Å². The highest BCUT2D eigenvalue weighted by atomic mass is 35.5. The van der Waals surface area contributed by atoms with Crippen LogP contribution in [0.3, 0.4) is 0 Å². The second kappa shape index (κ2) is 6.99. The predicted molar refractivity (Wildman–Crippen MR) is 85.5 cm³/mol. The average molecular weight is 431 g/mol. The van der Waals surface area contributed by atoms with E-state index in [0.717, 1.165) is 26.8 Å². The molecule has 1 aliphatic rings. The topological polar surface area (TPSA) is 59.7 Å². The number of fused-ring (bicyclic) bond motifs is 1. The second-order valence-corrected chi connectivity index (χ2v) is 7.41. The third-order valence-corrected chi connectivity index (χ3v) is 4.69. The number of rotatable bonds is 6. The zero-order valence-corrected chi connectivity index (χ0v) is 15.3. The van der Waals surface area contributed by atoms with Crippen LogP contribution in [0.4, 0.5) is 22.0 Å². The van der Waals surface area contributed by atoms with Gasteiger partial charge >= 0.3 is 11.6 Å². The standard InChI is InChI=1S/C14H12ClF5N4O2S/c1-26-6-9-22-24-8(11(14(18,19)20)21-12(24)27-9)5-23-4-7(2-10(23)25)3-13(15,16)17/h2H,3-6H2,1H3. The molecule has 2 aromatic heterocycles. The largest absolute Gasteiger partial charge is 0.435 e. The second-order valence-electron chi connectivity index (χ2n) is 5.82. The first kappa shape index (κ1) is 20.0. The summed E-state index contributed by atoms with van der Waals surface area (Å²) in [6.45, 7) is -0.645. The summed E-state index contributed by atoms with van der Waals surface area (Å²) in [4.78, 5) is 16.6. The van der Waals surface area contributed by atoms with E-state index in [0.29, 0.717) is 5.01 Å². The van der Waals surface area contributed by atoms with Crippen molar-refractivity contribution in [1.29, 1.82) is 0 Å². The molecule has 27 heavy (non-hydrogen) atoms. The average Bonchev–Trinajstić information content (AvgIpc) is 3.12. The monoisotopic (exact) mass is 430 g/mol.